The van der Waals surface area contributed by atoms with Crippen LogP contribution in [-0.2, 0) is 16.0 Å². The Morgan fingerprint density at radius 1 is 1.09 bits per heavy atom. The van der Waals surface area contributed by atoms with Gasteiger partial charge in [0.15, 0.2) is 0 Å². The first-order chi connectivity index (χ1) is 17.1. The Morgan fingerprint density at radius 2 is 1.83 bits per heavy atom. The molecule has 2 fully saturated rings. The Morgan fingerprint density at radius 3 is 2.54 bits per heavy atom. The van der Waals surface area contributed by atoms with Crippen molar-refractivity contribution in [3.05, 3.63) is 66.1 Å². The summed E-state index contributed by atoms with van der Waals surface area (Å²) in [6.07, 6.45) is 1.87. The summed E-state index contributed by atoms with van der Waals surface area (Å²) in [5.74, 6) is 1.73. The molecule has 0 bridgehead atoms. The van der Waals surface area contributed by atoms with Gasteiger partial charge >= 0.3 is 6.09 Å². The summed E-state index contributed by atoms with van der Waals surface area (Å²) in [5.41, 5.74) is 1.90. The van der Waals surface area contributed by atoms with E-state index in [-0.39, 0.29) is 24.1 Å². The Labute approximate surface area is 203 Å². The Bertz CT molecular complexity index is 1160. The third-order valence-corrected chi connectivity index (χ3v) is 6.68. The fraction of sp³-hybridized carbons (Fsp3) is 0.385. The van der Waals surface area contributed by atoms with Crippen molar-refractivity contribution >= 4 is 12.0 Å². The lowest BCUT2D eigenvalue weighted by atomic mass is 9.99. The topological polar surface area (TPSA) is 98.0 Å². The van der Waals surface area contributed by atoms with Crippen molar-refractivity contribution in [3.63, 3.8) is 0 Å². The van der Waals surface area contributed by atoms with Gasteiger partial charge in [0.05, 0.1) is 13.2 Å². The number of carbonyl (C=O) groups excluding carboxylic acids is 2. The van der Waals surface area contributed by atoms with Gasteiger partial charge in [-0.15, -0.1) is 0 Å². The minimum absolute atomic E-state index is 0.0521. The summed E-state index contributed by atoms with van der Waals surface area (Å²) >= 11 is 0. The molecule has 0 aliphatic carbocycles. The monoisotopic (exact) mass is 476 g/mol. The van der Waals surface area contributed by atoms with Crippen LogP contribution in [0.15, 0.2) is 59.1 Å². The van der Waals surface area contributed by atoms with Gasteiger partial charge in [-0.05, 0) is 42.7 Å². The lowest BCUT2D eigenvalue weighted by molar-refractivity contribution is -0.132. The first kappa shape index (κ1) is 22.9. The zero-order valence-corrected chi connectivity index (χ0v) is 19.6. The van der Waals surface area contributed by atoms with E-state index in [0.717, 1.165) is 29.7 Å². The molecule has 2 aliphatic rings. The molecule has 0 spiro atoms. The molecule has 1 aromatic heterocycles. The number of carbonyl (C=O) groups is 2. The highest BCUT2D eigenvalue weighted by atomic mass is 16.6. The van der Waals surface area contributed by atoms with Crippen molar-refractivity contribution in [1.29, 1.82) is 0 Å². The largest absolute Gasteiger partial charge is 0.497 e. The standard InChI is InChI=1S/C26H28N4O5/c1-33-21-9-7-19(8-10-21)25-27-23(35-28-25)11-12-24(31)29-15-13-20(14-16-29)30-22(17-34-26(30)32)18-5-3-2-4-6-18/h2-10,20,22H,11-17H2,1H3. The molecule has 2 saturated heterocycles. The molecule has 3 heterocycles. The van der Waals surface area contributed by atoms with Gasteiger partial charge in [0, 0.05) is 37.5 Å². The average molecular weight is 477 g/mol. The first-order valence-electron chi connectivity index (χ1n) is 11.9. The molecule has 1 unspecified atom stereocenters. The van der Waals surface area contributed by atoms with Crippen molar-refractivity contribution < 1.29 is 23.6 Å². The molecule has 9 nitrogen and oxygen atoms in total. The fourth-order valence-corrected chi connectivity index (χ4v) is 4.75. The van der Waals surface area contributed by atoms with E-state index in [4.69, 9.17) is 14.0 Å². The van der Waals surface area contributed by atoms with Crippen LogP contribution >= 0.6 is 0 Å². The lowest BCUT2D eigenvalue weighted by Crippen LogP contribution is -2.47. The minimum atomic E-state index is -0.271. The molecular weight excluding hydrogens is 448 g/mol. The number of aryl methyl sites for hydroxylation is 1. The van der Waals surface area contributed by atoms with Crippen LogP contribution in [0.25, 0.3) is 11.4 Å². The van der Waals surface area contributed by atoms with Gasteiger partial charge in [-0.1, -0.05) is 35.5 Å². The smallest absolute Gasteiger partial charge is 0.410 e. The van der Waals surface area contributed by atoms with Crippen LogP contribution in [-0.4, -0.2) is 64.8 Å². The van der Waals surface area contributed by atoms with Gasteiger partial charge < -0.3 is 18.9 Å². The molecule has 2 aromatic carbocycles. The highest BCUT2D eigenvalue weighted by molar-refractivity contribution is 5.76. The van der Waals surface area contributed by atoms with Gasteiger partial charge in [0.2, 0.25) is 17.6 Å². The number of aromatic nitrogens is 2. The second kappa shape index (κ2) is 10.2. The number of benzene rings is 2. The molecular formula is C26H28N4O5. The molecule has 5 rings (SSSR count). The number of cyclic esters (lactones) is 1. The summed E-state index contributed by atoms with van der Waals surface area (Å²) in [5, 5.41) is 4.02. The van der Waals surface area contributed by atoms with Crippen LogP contribution in [0, 0.1) is 0 Å². The number of methoxy groups -OCH3 is 1. The van der Waals surface area contributed by atoms with E-state index in [1.165, 1.54) is 0 Å². The first-order valence-corrected chi connectivity index (χ1v) is 11.9. The summed E-state index contributed by atoms with van der Waals surface area (Å²) in [4.78, 5) is 33.4. The number of amides is 2. The van der Waals surface area contributed by atoms with Crippen molar-refractivity contribution in [2.24, 2.45) is 0 Å². The van der Waals surface area contributed by atoms with Crippen molar-refractivity contribution in [1.82, 2.24) is 19.9 Å². The van der Waals surface area contributed by atoms with Crippen molar-refractivity contribution in [2.45, 2.75) is 37.8 Å². The number of rotatable bonds is 7. The molecule has 2 aliphatic heterocycles. The van der Waals surface area contributed by atoms with Crippen molar-refractivity contribution in [2.75, 3.05) is 26.8 Å². The summed E-state index contributed by atoms with van der Waals surface area (Å²) < 4.78 is 15.9. The third-order valence-electron chi connectivity index (χ3n) is 6.68. The number of piperidine rings is 1. The molecule has 0 N–H and O–H groups in total. The zero-order chi connectivity index (χ0) is 24.2. The predicted molar refractivity (Wildman–Crippen MR) is 127 cm³/mol. The van der Waals surface area contributed by atoms with Crippen LogP contribution in [0.5, 0.6) is 5.75 Å². The van der Waals surface area contributed by atoms with E-state index in [9.17, 15) is 9.59 Å². The number of ether oxygens (including phenoxy) is 2. The van der Waals surface area contributed by atoms with Crippen LogP contribution in [0.3, 0.4) is 0 Å². The number of likely N-dealkylation sites (tertiary alicyclic amines) is 1. The zero-order valence-electron chi connectivity index (χ0n) is 19.6. The maximum atomic E-state index is 12.8. The van der Waals surface area contributed by atoms with E-state index >= 15 is 0 Å². The Kier molecular flexibility index (Phi) is 6.65. The molecule has 3 aromatic rings. The highest BCUT2D eigenvalue weighted by Gasteiger charge is 2.40. The van der Waals surface area contributed by atoms with Gasteiger partial charge in [-0.3, -0.25) is 9.69 Å². The summed E-state index contributed by atoms with van der Waals surface area (Å²) in [7, 11) is 1.61. The van der Waals surface area contributed by atoms with E-state index in [2.05, 4.69) is 10.1 Å². The van der Waals surface area contributed by atoms with Crippen LogP contribution in [0.1, 0.15) is 36.8 Å². The number of hydrogen-bond acceptors (Lipinski definition) is 7. The van der Waals surface area contributed by atoms with E-state index < -0.39 is 0 Å². The lowest BCUT2D eigenvalue weighted by Gasteiger charge is -2.38. The molecule has 182 valence electrons. The predicted octanol–water partition coefficient (Wildman–Crippen LogP) is 3.86. The van der Waals surface area contributed by atoms with E-state index in [0.29, 0.717) is 44.3 Å². The second-order valence-electron chi connectivity index (χ2n) is 8.76. The Balaban J connectivity index is 1.13. The summed E-state index contributed by atoms with van der Waals surface area (Å²) in [6, 6.07) is 17.3. The van der Waals surface area contributed by atoms with E-state index in [1.54, 1.807) is 7.11 Å². The maximum absolute atomic E-state index is 12.8. The van der Waals surface area contributed by atoms with Crippen LogP contribution in [0.4, 0.5) is 4.79 Å². The Hall–Kier alpha value is -3.88. The van der Waals surface area contributed by atoms with Gasteiger partial charge in [0.25, 0.3) is 0 Å². The summed E-state index contributed by atoms with van der Waals surface area (Å²) in [6.45, 7) is 1.58. The second-order valence-corrected chi connectivity index (χ2v) is 8.76. The van der Waals surface area contributed by atoms with Crippen LogP contribution < -0.4 is 4.74 Å². The molecule has 9 heteroatoms. The average Bonchev–Trinajstić information content (AvgIpc) is 3.55. The normalized spacial score (nSPS) is 18.5. The number of hydrogen-bond donors (Lipinski definition) is 0. The van der Waals surface area contributed by atoms with Crippen molar-refractivity contribution in [3.8, 4) is 17.1 Å². The molecule has 2 amide bonds. The number of nitrogens with zero attached hydrogens (tertiary/aromatic N) is 4. The molecule has 1 atom stereocenters. The maximum Gasteiger partial charge on any atom is 0.410 e. The van der Waals surface area contributed by atoms with E-state index in [1.807, 2.05) is 64.4 Å². The quantitative estimate of drug-likeness (QED) is 0.511. The third kappa shape index (κ3) is 4.99. The van der Waals surface area contributed by atoms with Gasteiger partial charge in [-0.25, -0.2) is 4.79 Å². The SMILES string of the molecule is COc1ccc(-c2noc(CCC(=O)N3CCC(N4C(=O)OCC4c4ccccc4)CC3)n2)cc1. The fourth-order valence-electron chi connectivity index (χ4n) is 4.75. The molecule has 0 radical (unpaired) electrons. The van der Waals surface area contributed by atoms with Gasteiger partial charge in [-0.2, -0.15) is 4.98 Å². The highest BCUT2D eigenvalue weighted by Crippen LogP contribution is 2.33. The molecule has 35 heavy (non-hydrogen) atoms. The van der Waals surface area contributed by atoms with Crippen LogP contribution in [0.2, 0.25) is 0 Å². The molecule has 0 saturated carbocycles. The minimum Gasteiger partial charge on any atom is -0.497 e. The van der Waals surface area contributed by atoms with Gasteiger partial charge in [0.1, 0.15) is 12.4 Å².